The van der Waals surface area contributed by atoms with Crippen molar-refractivity contribution in [3.63, 3.8) is 0 Å². The van der Waals surface area contributed by atoms with Gasteiger partial charge in [-0.1, -0.05) is 48.6 Å². The minimum atomic E-state index is -0.854. The molecule has 1 aliphatic rings. The third kappa shape index (κ3) is 4.21. The standard InChI is InChI=1S/C23H20FN5O3S/c1-12-26-18-11-10-14(19(20(18)29(12)32)22(33)28-23(25)31)13-6-3-5-9-17(13)27-21(30)15-7-2-4-8-16(15)24/h2-12,26,32H,1H3,(H,27,30)(H3,25,28,31,33). The van der Waals surface area contributed by atoms with Gasteiger partial charge in [0.2, 0.25) is 0 Å². The van der Waals surface area contributed by atoms with Crippen molar-refractivity contribution in [3.05, 3.63) is 77.6 Å². The Balaban J connectivity index is 1.84. The van der Waals surface area contributed by atoms with E-state index in [0.717, 1.165) is 5.06 Å². The van der Waals surface area contributed by atoms with E-state index in [1.54, 1.807) is 49.4 Å². The van der Waals surface area contributed by atoms with Gasteiger partial charge in [-0.3, -0.25) is 15.3 Å². The van der Waals surface area contributed by atoms with Crippen LogP contribution in [0.3, 0.4) is 0 Å². The monoisotopic (exact) mass is 465 g/mol. The van der Waals surface area contributed by atoms with E-state index in [9.17, 15) is 19.2 Å². The van der Waals surface area contributed by atoms with Gasteiger partial charge in [0.15, 0.2) is 0 Å². The lowest BCUT2D eigenvalue weighted by atomic mass is 9.95. The van der Waals surface area contributed by atoms with E-state index in [1.165, 1.54) is 18.2 Å². The number of anilines is 3. The highest BCUT2D eigenvalue weighted by Crippen LogP contribution is 2.43. The van der Waals surface area contributed by atoms with Crippen molar-refractivity contribution in [2.45, 2.75) is 13.1 Å². The number of fused-ring (bicyclic) bond motifs is 1. The van der Waals surface area contributed by atoms with E-state index < -0.39 is 23.9 Å². The number of nitrogens with zero attached hydrogens (tertiary/aromatic N) is 1. The molecule has 3 aromatic carbocycles. The molecule has 0 spiro atoms. The van der Waals surface area contributed by atoms with Crippen molar-refractivity contribution in [3.8, 4) is 11.1 Å². The lowest BCUT2D eigenvalue weighted by Gasteiger charge is -2.21. The maximum Gasteiger partial charge on any atom is 0.317 e. The molecule has 0 fully saturated rings. The predicted molar refractivity (Wildman–Crippen MR) is 128 cm³/mol. The van der Waals surface area contributed by atoms with Gasteiger partial charge < -0.3 is 16.4 Å². The molecule has 0 saturated carbocycles. The molecule has 0 bridgehead atoms. The Morgan fingerprint density at radius 1 is 1.09 bits per heavy atom. The Labute approximate surface area is 194 Å². The Morgan fingerprint density at radius 3 is 2.52 bits per heavy atom. The van der Waals surface area contributed by atoms with Crippen LogP contribution in [0.5, 0.6) is 0 Å². The van der Waals surface area contributed by atoms with Crippen molar-refractivity contribution in [2.24, 2.45) is 5.73 Å². The normalized spacial score (nSPS) is 14.3. The molecule has 3 aromatic rings. The largest absolute Gasteiger partial charge is 0.362 e. The number of amides is 3. The zero-order chi connectivity index (χ0) is 23.7. The van der Waals surface area contributed by atoms with Gasteiger partial charge in [-0.2, -0.15) is 0 Å². The zero-order valence-electron chi connectivity index (χ0n) is 17.4. The maximum absolute atomic E-state index is 14.1. The molecular formula is C23H20FN5O3S. The maximum atomic E-state index is 14.1. The third-order valence-electron chi connectivity index (χ3n) is 5.19. The number of benzene rings is 3. The van der Waals surface area contributed by atoms with Gasteiger partial charge in [0.1, 0.15) is 17.0 Å². The van der Waals surface area contributed by atoms with Crippen LogP contribution in [-0.2, 0) is 0 Å². The fraction of sp³-hybridized carbons (Fsp3) is 0.0870. The summed E-state index contributed by atoms with van der Waals surface area (Å²) < 4.78 is 14.1. The Kier molecular flexibility index (Phi) is 5.95. The van der Waals surface area contributed by atoms with Crippen molar-refractivity contribution in [1.82, 2.24) is 5.32 Å². The number of hydrogen-bond donors (Lipinski definition) is 5. The molecule has 3 amide bonds. The summed E-state index contributed by atoms with van der Waals surface area (Å²) in [5.74, 6) is -1.27. The molecule has 1 heterocycles. The fourth-order valence-electron chi connectivity index (χ4n) is 3.72. The van der Waals surface area contributed by atoms with Crippen molar-refractivity contribution < 1.29 is 19.2 Å². The summed E-state index contributed by atoms with van der Waals surface area (Å²) in [6.45, 7) is 1.75. The zero-order valence-corrected chi connectivity index (χ0v) is 18.2. The molecule has 8 nitrogen and oxygen atoms in total. The predicted octanol–water partition coefficient (Wildman–Crippen LogP) is 4.06. The van der Waals surface area contributed by atoms with Gasteiger partial charge >= 0.3 is 6.03 Å². The topological polar surface area (TPSA) is 120 Å². The van der Waals surface area contributed by atoms with Crippen LogP contribution in [0.1, 0.15) is 22.8 Å². The van der Waals surface area contributed by atoms with Crippen LogP contribution in [0.15, 0.2) is 60.7 Å². The number of carbonyl (C=O) groups excluding carboxylic acids is 2. The van der Waals surface area contributed by atoms with Gasteiger partial charge in [-0.15, -0.1) is 0 Å². The molecule has 4 rings (SSSR count). The van der Waals surface area contributed by atoms with Crippen molar-refractivity contribution in [1.29, 1.82) is 0 Å². The second-order valence-electron chi connectivity index (χ2n) is 7.35. The molecule has 6 N–H and O–H groups in total. The fourth-order valence-corrected chi connectivity index (χ4v) is 4.02. The molecule has 1 atom stereocenters. The quantitative estimate of drug-likeness (QED) is 0.371. The van der Waals surface area contributed by atoms with Gasteiger partial charge in [-0.05, 0) is 36.8 Å². The highest BCUT2D eigenvalue weighted by atomic mass is 32.1. The smallest absolute Gasteiger partial charge is 0.317 e. The first-order valence-electron chi connectivity index (χ1n) is 9.95. The van der Waals surface area contributed by atoms with Gasteiger partial charge in [0.25, 0.3) is 5.91 Å². The van der Waals surface area contributed by atoms with E-state index >= 15 is 0 Å². The Hall–Kier alpha value is -4.02. The van der Waals surface area contributed by atoms with Crippen LogP contribution in [0.25, 0.3) is 11.1 Å². The van der Waals surface area contributed by atoms with E-state index in [1.807, 2.05) is 0 Å². The summed E-state index contributed by atoms with van der Waals surface area (Å²) in [7, 11) is 0. The molecule has 0 radical (unpaired) electrons. The van der Waals surface area contributed by atoms with Crippen LogP contribution in [0.4, 0.5) is 26.2 Å². The number of hydroxylamine groups is 1. The highest BCUT2D eigenvalue weighted by molar-refractivity contribution is 7.80. The van der Waals surface area contributed by atoms with E-state index in [-0.39, 0.29) is 10.6 Å². The summed E-state index contributed by atoms with van der Waals surface area (Å²) >= 11 is 5.43. The van der Waals surface area contributed by atoms with Gasteiger partial charge in [0.05, 0.1) is 16.9 Å². The van der Waals surface area contributed by atoms with E-state index in [2.05, 4.69) is 16.0 Å². The van der Waals surface area contributed by atoms with Crippen molar-refractivity contribution in [2.75, 3.05) is 15.7 Å². The summed E-state index contributed by atoms with van der Waals surface area (Å²) in [4.78, 5) is 24.3. The number of rotatable bonds is 4. The summed E-state index contributed by atoms with van der Waals surface area (Å²) in [5.41, 5.74) is 7.92. The first-order chi connectivity index (χ1) is 15.8. The molecule has 0 aromatic heterocycles. The number of hydrogen-bond acceptors (Lipinski definition) is 6. The minimum Gasteiger partial charge on any atom is -0.362 e. The second kappa shape index (κ2) is 8.85. The summed E-state index contributed by atoms with van der Waals surface area (Å²) in [6, 6.07) is 15.2. The number of para-hydroxylation sites is 1. The number of halogens is 1. The lowest BCUT2D eigenvalue weighted by molar-refractivity contribution is 0.102. The summed E-state index contributed by atoms with van der Waals surface area (Å²) in [5, 5.41) is 19.9. The Bertz CT molecular complexity index is 1280. The average molecular weight is 466 g/mol. The molecule has 168 valence electrons. The van der Waals surface area contributed by atoms with E-state index in [0.29, 0.717) is 33.8 Å². The number of urea groups is 1. The van der Waals surface area contributed by atoms with Gasteiger partial charge in [-0.25, -0.2) is 14.2 Å². The molecule has 0 aliphatic carbocycles. The van der Waals surface area contributed by atoms with E-state index in [4.69, 9.17) is 18.0 Å². The average Bonchev–Trinajstić information content (AvgIpc) is 3.07. The van der Waals surface area contributed by atoms with Crippen LogP contribution in [-0.4, -0.2) is 28.3 Å². The molecule has 33 heavy (non-hydrogen) atoms. The molecule has 1 unspecified atom stereocenters. The first-order valence-corrected chi connectivity index (χ1v) is 10.4. The van der Waals surface area contributed by atoms with Crippen LogP contribution >= 0.6 is 12.2 Å². The molecule has 10 heteroatoms. The number of primary amides is 1. The minimum absolute atomic E-state index is 0.000432. The summed E-state index contributed by atoms with van der Waals surface area (Å²) in [6.07, 6.45) is -0.443. The number of thiocarbonyl (C=S) groups is 1. The van der Waals surface area contributed by atoms with Gasteiger partial charge in [0, 0.05) is 16.8 Å². The molecular weight excluding hydrogens is 445 g/mol. The van der Waals surface area contributed by atoms with Crippen LogP contribution < -0.4 is 26.7 Å². The van der Waals surface area contributed by atoms with Crippen LogP contribution in [0, 0.1) is 5.82 Å². The van der Waals surface area contributed by atoms with Crippen LogP contribution in [0.2, 0.25) is 0 Å². The second-order valence-corrected chi connectivity index (χ2v) is 7.76. The highest BCUT2D eigenvalue weighted by Gasteiger charge is 2.31. The SMILES string of the molecule is CC1Nc2ccc(-c3ccccc3NC(=O)c3ccccc3F)c(C(=S)NC(N)=O)c2N1O. The Morgan fingerprint density at radius 2 is 1.79 bits per heavy atom. The number of nitrogens with two attached hydrogens (primary N) is 1. The molecule has 0 saturated heterocycles. The molecule has 1 aliphatic heterocycles. The number of carbonyl (C=O) groups is 2. The third-order valence-corrected chi connectivity index (χ3v) is 5.49. The lowest BCUT2D eigenvalue weighted by Crippen LogP contribution is -2.36. The number of nitrogens with one attached hydrogen (secondary N) is 3. The first kappa shape index (κ1) is 22.2. The van der Waals surface area contributed by atoms with Crippen molar-refractivity contribution >= 4 is 46.2 Å².